The maximum absolute atomic E-state index is 12.6. The molecule has 1 aromatic carbocycles. The summed E-state index contributed by atoms with van der Waals surface area (Å²) in [6.07, 6.45) is 7.63. The molecule has 0 aromatic heterocycles. The summed E-state index contributed by atoms with van der Waals surface area (Å²) in [5, 5.41) is 0. The van der Waals surface area contributed by atoms with E-state index in [0.717, 1.165) is 24.0 Å². The summed E-state index contributed by atoms with van der Waals surface area (Å²) in [6.45, 7) is 7.12. The van der Waals surface area contributed by atoms with Crippen molar-refractivity contribution in [2.24, 2.45) is 16.7 Å². The van der Waals surface area contributed by atoms with E-state index in [1.807, 2.05) is 18.2 Å². The number of fused-ring (bicyclic) bond motifs is 1. The summed E-state index contributed by atoms with van der Waals surface area (Å²) in [5.74, 6) is 0.912. The van der Waals surface area contributed by atoms with Gasteiger partial charge in [-0.1, -0.05) is 57.5 Å². The highest BCUT2D eigenvalue weighted by Gasteiger charge is 2.50. The molecular weight excluding hydrogens is 256 g/mol. The molecule has 3 rings (SSSR count). The van der Waals surface area contributed by atoms with Gasteiger partial charge < -0.3 is 0 Å². The van der Waals surface area contributed by atoms with Crippen LogP contribution in [0.25, 0.3) is 6.08 Å². The highest BCUT2D eigenvalue weighted by atomic mass is 16.1. The van der Waals surface area contributed by atoms with Crippen molar-refractivity contribution in [3.8, 4) is 0 Å². The van der Waals surface area contributed by atoms with Crippen molar-refractivity contribution in [1.82, 2.24) is 0 Å². The van der Waals surface area contributed by atoms with Gasteiger partial charge in [0.25, 0.3) is 0 Å². The van der Waals surface area contributed by atoms with Crippen molar-refractivity contribution in [3.63, 3.8) is 0 Å². The summed E-state index contributed by atoms with van der Waals surface area (Å²) >= 11 is 0. The Morgan fingerprint density at radius 2 is 1.81 bits per heavy atom. The van der Waals surface area contributed by atoms with Crippen LogP contribution in [0.2, 0.25) is 0 Å². The molecule has 2 fully saturated rings. The molecular formula is C20H26O. The Morgan fingerprint density at radius 1 is 1.10 bits per heavy atom. The molecule has 0 aliphatic heterocycles. The highest BCUT2D eigenvalue weighted by molar-refractivity contribution is 6.00. The molecule has 2 aliphatic carbocycles. The van der Waals surface area contributed by atoms with E-state index < -0.39 is 0 Å². The Kier molecular flexibility index (Phi) is 3.55. The van der Waals surface area contributed by atoms with Gasteiger partial charge in [-0.05, 0) is 53.2 Å². The lowest BCUT2D eigenvalue weighted by Crippen LogP contribution is -2.46. The zero-order valence-electron chi connectivity index (χ0n) is 13.5. The van der Waals surface area contributed by atoms with Crippen LogP contribution < -0.4 is 0 Å². The zero-order chi connectivity index (χ0) is 15.1. The maximum atomic E-state index is 12.6. The molecule has 2 atom stereocenters. The Bertz CT molecular complexity index is 567. The molecule has 0 heterocycles. The second-order valence-corrected chi connectivity index (χ2v) is 7.93. The van der Waals surface area contributed by atoms with Crippen LogP contribution in [0.3, 0.4) is 0 Å². The van der Waals surface area contributed by atoms with Crippen molar-refractivity contribution in [1.29, 1.82) is 0 Å². The monoisotopic (exact) mass is 282 g/mol. The van der Waals surface area contributed by atoms with Gasteiger partial charge >= 0.3 is 0 Å². The van der Waals surface area contributed by atoms with Crippen LogP contribution in [0.1, 0.15) is 58.4 Å². The van der Waals surface area contributed by atoms with Crippen molar-refractivity contribution >= 4 is 11.9 Å². The zero-order valence-corrected chi connectivity index (χ0v) is 13.5. The molecule has 0 amide bonds. The molecule has 0 spiro atoms. The Morgan fingerprint density at radius 3 is 2.52 bits per heavy atom. The molecule has 0 bridgehead atoms. The number of carbonyl (C=O) groups excluding carboxylic acids is 1. The minimum absolute atomic E-state index is 0.302. The number of allylic oxidation sites excluding steroid dienone is 1. The summed E-state index contributed by atoms with van der Waals surface area (Å²) in [4.78, 5) is 12.6. The summed E-state index contributed by atoms with van der Waals surface area (Å²) in [6, 6.07) is 10.3. The number of Topliss-reactive ketones (excluding diaryl/α,β-unsaturated/α-hetero) is 1. The second kappa shape index (κ2) is 5.12. The molecule has 1 aromatic rings. The van der Waals surface area contributed by atoms with E-state index >= 15 is 0 Å². The van der Waals surface area contributed by atoms with Gasteiger partial charge in [-0.15, -0.1) is 0 Å². The first kappa shape index (κ1) is 14.6. The van der Waals surface area contributed by atoms with Gasteiger partial charge in [-0.25, -0.2) is 0 Å². The van der Waals surface area contributed by atoms with Gasteiger partial charge in [0.1, 0.15) is 0 Å². The lowest BCUT2D eigenvalue weighted by Gasteiger charge is -2.53. The van der Waals surface area contributed by atoms with Gasteiger partial charge in [0.15, 0.2) is 5.78 Å². The molecule has 2 aliphatic rings. The molecule has 2 unspecified atom stereocenters. The van der Waals surface area contributed by atoms with E-state index in [-0.39, 0.29) is 0 Å². The average molecular weight is 282 g/mol. The van der Waals surface area contributed by atoms with E-state index in [9.17, 15) is 4.79 Å². The molecule has 2 saturated carbocycles. The van der Waals surface area contributed by atoms with Crippen LogP contribution in [0.4, 0.5) is 0 Å². The number of hydrogen-bond donors (Lipinski definition) is 0. The number of carbonyl (C=O) groups is 1. The van der Waals surface area contributed by atoms with Crippen LogP contribution in [0, 0.1) is 16.7 Å². The highest BCUT2D eigenvalue weighted by Crippen LogP contribution is 2.57. The van der Waals surface area contributed by atoms with Crippen LogP contribution in [0.5, 0.6) is 0 Å². The lowest BCUT2D eigenvalue weighted by molar-refractivity contribution is -0.125. The van der Waals surface area contributed by atoms with E-state index in [2.05, 4.69) is 39.0 Å². The van der Waals surface area contributed by atoms with Crippen LogP contribution >= 0.6 is 0 Å². The Balaban J connectivity index is 1.91. The van der Waals surface area contributed by atoms with E-state index in [1.54, 1.807) is 0 Å². The smallest absolute Gasteiger partial charge is 0.159 e. The predicted molar refractivity (Wildman–Crippen MR) is 87.9 cm³/mol. The normalized spacial score (nSPS) is 33.8. The fourth-order valence-electron chi connectivity index (χ4n) is 4.71. The molecule has 0 N–H and O–H groups in total. The van der Waals surface area contributed by atoms with Crippen molar-refractivity contribution in [3.05, 3.63) is 41.5 Å². The SMILES string of the molecule is CC1(C)CCCC2(C)C/C(=C/c3ccccc3)C(=O)CC12. The standard InChI is InChI=1S/C20H26O/c1-19(2)10-7-11-20(3)14-16(17(21)13-18(19)20)12-15-8-5-4-6-9-15/h4-6,8-9,12,18H,7,10-11,13-14H2,1-3H3/b16-12-. The van der Waals surface area contributed by atoms with Gasteiger partial charge in [-0.2, -0.15) is 0 Å². The third kappa shape index (κ3) is 2.71. The number of hydrogen-bond acceptors (Lipinski definition) is 1. The first-order valence-corrected chi connectivity index (χ1v) is 8.20. The van der Waals surface area contributed by atoms with Gasteiger partial charge in [0.2, 0.25) is 0 Å². The summed E-state index contributed by atoms with van der Waals surface area (Å²) in [7, 11) is 0. The summed E-state index contributed by atoms with van der Waals surface area (Å²) in [5.41, 5.74) is 2.80. The fourth-order valence-corrected chi connectivity index (χ4v) is 4.71. The quantitative estimate of drug-likeness (QED) is 0.642. The molecule has 21 heavy (non-hydrogen) atoms. The Hall–Kier alpha value is -1.37. The first-order valence-electron chi connectivity index (χ1n) is 8.20. The van der Waals surface area contributed by atoms with Gasteiger partial charge in [0.05, 0.1) is 0 Å². The van der Waals surface area contributed by atoms with Gasteiger partial charge in [0, 0.05) is 6.42 Å². The van der Waals surface area contributed by atoms with Crippen molar-refractivity contribution in [2.45, 2.75) is 52.9 Å². The van der Waals surface area contributed by atoms with Crippen LogP contribution in [-0.2, 0) is 4.79 Å². The van der Waals surface area contributed by atoms with E-state index in [0.29, 0.717) is 22.5 Å². The second-order valence-electron chi connectivity index (χ2n) is 7.93. The maximum Gasteiger partial charge on any atom is 0.159 e. The fraction of sp³-hybridized carbons (Fsp3) is 0.550. The summed E-state index contributed by atoms with van der Waals surface area (Å²) < 4.78 is 0. The van der Waals surface area contributed by atoms with Crippen molar-refractivity contribution in [2.75, 3.05) is 0 Å². The third-order valence-corrected chi connectivity index (χ3v) is 5.84. The number of benzene rings is 1. The number of ketones is 1. The Labute approximate surface area is 128 Å². The van der Waals surface area contributed by atoms with E-state index in [1.165, 1.54) is 19.3 Å². The lowest BCUT2D eigenvalue weighted by atomic mass is 9.51. The van der Waals surface area contributed by atoms with Gasteiger partial charge in [-0.3, -0.25) is 4.79 Å². The minimum atomic E-state index is 0.302. The predicted octanol–water partition coefficient (Wildman–Crippen LogP) is 5.27. The topological polar surface area (TPSA) is 17.1 Å². The number of rotatable bonds is 1. The first-order chi connectivity index (χ1) is 9.91. The van der Waals surface area contributed by atoms with Crippen molar-refractivity contribution < 1.29 is 4.79 Å². The molecule has 0 radical (unpaired) electrons. The molecule has 1 heteroatoms. The molecule has 112 valence electrons. The average Bonchev–Trinajstić information content (AvgIpc) is 2.42. The minimum Gasteiger partial charge on any atom is -0.295 e. The van der Waals surface area contributed by atoms with E-state index in [4.69, 9.17) is 0 Å². The molecule has 1 nitrogen and oxygen atoms in total. The third-order valence-electron chi connectivity index (χ3n) is 5.84. The molecule has 0 saturated heterocycles. The van der Waals surface area contributed by atoms with Crippen LogP contribution in [0.15, 0.2) is 35.9 Å². The largest absolute Gasteiger partial charge is 0.295 e. The van der Waals surface area contributed by atoms with Crippen LogP contribution in [-0.4, -0.2) is 5.78 Å².